The maximum atomic E-state index is 6.60. The standard InChI is InChI=1S/C53H36N2O/c1-4-18-37(19-5-1)48-36-49(38-20-6-2-7-21-38)55-52(54-48)42-25-17-23-40(35-42)39-22-16-24-41(34-39)44-28-10-11-29-45(44)53(43-26-8-3-9-27-43)46-30-12-14-32-50(46)56-51-33-15-13-31-47(51)53/h1-36H. The van der Waals surface area contributed by atoms with Crippen molar-refractivity contribution >= 4 is 0 Å². The van der Waals surface area contributed by atoms with Crippen LogP contribution in [0.5, 0.6) is 11.5 Å². The van der Waals surface area contributed by atoms with Gasteiger partial charge in [0.05, 0.1) is 16.8 Å². The largest absolute Gasteiger partial charge is 0.457 e. The fourth-order valence-corrected chi connectivity index (χ4v) is 8.30. The first-order chi connectivity index (χ1) is 27.8. The van der Waals surface area contributed by atoms with Crippen LogP contribution in [0.4, 0.5) is 0 Å². The zero-order chi connectivity index (χ0) is 37.3. The van der Waals surface area contributed by atoms with Gasteiger partial charge in [-0.25, -0.2) is 9.97 Å². The predicted molar refractivity (Wildman–Crippen MR) is 228 cm³/mol. The highest BCUT2D eigenvalue weighted by Gasteiger charge is 2.46. The molecule has 0 saturated carbocycles. The van der Waals surface area contributed by atoms with Crippen LogP contribution in [0.3, 0.4) is 0 Å². The second-order valence-corrected chi connectivity index (χ2v) is 14.1. The SMILES string of the molecule is c1ccc(-c2cc(-c3ccccc3)nc(-c3cccc(-c4cccc(-c5ccccc5C5(c6ccccc6)c6ccccc6Oc6ccccc65)c4)c3)n2)cc1. The number of ether oxygens (including phenoxy) is 1. The minimum Gasteiger partial charge on any atom is -0.457 e. The maximum Gasteiger partial charge on any atom is 0.160 e. The molecule has 264 valence electrons. The third-order valence-electron chi connectivity index (χ3n) is 10.8. The molecule has 0 aliphatic carbocycles. The highest BCUT2D eigenvalue weighted by molar-refractivity contribution is 5.82. The third kappa shape index (κ3) is 5.78. The molecule has 0 atom stereocenters. The average molecular weight is 717 g/mol. The number of fused-ring (bicyclic) bond motifs is 2. The van der Waals surface area contributed by atoms with E-state index < -0.39 is 5.41 Å². The summed E-state index contributed by atoms with van der Waals surface area (Å²) in [5.74, 6) is 2.42. The summed E-state index contributed by atoms with van der Waals surface area (Å²) in [6.45, 7) is 0. The van der Waals surface area contributed by atoms with Gasteiger partial charge in [0, 0.05) is 27.8 Å². The molecule has 0 radical (unpaired) electrons. The van der Waals surface area contributed by atoms with Crippen molar-refractivity contribution in [3.8, 4) is 67.7 Å². The smallest absolute Gasteiger partial charge is 0.160 e. The Hall–Kier alpha value is -7.36. The van der Waals surface area contributed by atoms with Crippen molar-refractivity contribution in [1.82, 2.24) is 9.97 Å². The fourth-order valence-electron chi connectivity index (χ4n) is 8.30. The molecule has 9 aromatic rings. The van der Waals surface area contributed by atoms with Gasteiger partial charge in [0.1, 0.15) is 11.5 Å². The quantitative estimate of drug-likeness (QED) is 0.165. The highest BCUT2D eigenvalue weighted by Crippen LogP contribution is 2.56. The van der Waals surface area contributed by atoms with Crippen molar-refractivity contribution < 1.29 is 4.74 Å². The zero-order valence-electron chi connectivity index (χ0n) is 30.6. The Morgan fingerprint density at radius 3 is 1.34 bits per heavy atom. The van der Waals surface area contributed by atoms with Crippen LogP contribution in [-0.4, -0.2) is 9.97 Å². The molecule has 10 rings (SSSR count). The lowest BCUT2D eigenvalue weighted by Gasteiger charge is -2.42. The maximum absolute atomic E-state index is 6.60. The van der Waals surface area contributed by atoms with Gasteiger partial charge in [-0.1, -0.05) is 188 Å². The lowest BCUT2D eigenvalue weighted by molar-refractivity contribution is 0.434. The molecule has 3 nitrogen and oxygen atoms in total. The Balaban J connectivity index is 1.12. The van der Waals surface area contributed by atoms with Crippen LogP contribution < -0.4 is 4.74 Å². The van der Waals surface area contributed by atoms with Gasteiger partial charge in [-0.2, -0.15) is 0 Å². The number of rotatable bonds is 7. The van der Waals surface area contributed by atoms with Crippen molar-refractivity contribution in [2.75, 3.05) is 0 Å². The first-order valence-corrected chi connectivity index (χ1v) is 19.0. The Labute approximate surface area is 327 Å². The molecule has 0 amide bonds. The van der Waals surface area contributed by atoms with E-state index in [1.165, 1.54) is 11.1 Å². The molecule has 8 aromatic carbocycles. The van der Waals surface area contributed by atoms with Crippen molar-refractivity contribution in [3.05, 3.63) is 241 Å². The third-order valence-corrected chi connectivity index (χ3v) is 10.8. The molecule has 0 bridgehead atoms. The van der Waals surface area contributed by atoms with Gasteiger partial charge in [0.2, 0.25) is 0 Å². The number of aromatic nitrogens is 2. The van der Waals surface area contributed by atoms with Gasteiger partial charge in [0.15, 0.2) is 5.82 Å². The lowest BCUT2D eigenvalue weighted by Crippen LogP contribution is -2.34. The van der Waals surface area contributed by atoms with Gasteiger partial charge >= 0.3 is 0 Å². The number of hydrogen-bond acceptors (Lipinski definition) is 3. The van der Waals surface area contributed by atoms with E-state index in [1.54, 1.807) is 0 Å². The lowest BCUT2D eigenvalue weighted by atomic mass is 9.62. The van der Waals surface area contributed by atoms with Crippen LogP contribution >= 0.6 is 0 Å². The first kappa shape index (κ1) is 33.2. The summed E-state index contributed by atoms with van der Waals surface area (Å²) >= 11 is 0. The molecule has 3 heteroatoms. The summed E-state index contributed by atoms with van der Waals surface area (Å²) in [7, 11) is 0. The predicted octanol–water partition coefficient (Wildman–Crippen LogP) is 13.3. The van der Waals surface area contributed by atoms with Crippen molar-refractivity contribution in [2.45, 2.75) is 5.41 Å². The number of benzene rings is 8. The molecule has 0 fully saturated rings. The molecule has 1 aliphatic heterocycles. The van der Waals surface area contributed by atoms with Gasteiger partial charge in [0.25, 0.3) is 0 Å². The topological polar surface area (TPSA) is 35.0 Å². The van der Waals surface area contributed by atoms with Gasteiger partial charge in [-0.3, -0.25) is 0 Å². The van der Waals surface area contributed by atoms with E-state index in [0.29, 0.717) is 5.82 Å². The van der Waals surface area contributed by atoms with E-state index in [1.807, 2.05) is 36.4 Å². The Morgan fingerprint density at radius 1 is 0.321 bits per heavy atom. The van der Waals surface area contributed by atoms with Gasteiger partial charge in [-0.15, -0.1) is 0 Å². The van der Waals surface area contributed by atoms with E-state index in [-0.39, 0.29) is 0 Å². The molecular weight excluding hydrogens is 681 g/mol. The molecular formula is C53H36N2O. The molecule has 56 heavy (non-hydrogen) atoms. The summed E-state index contributed by atoms with van der Waals surface area (Å²) < 4.78 is 6.60. The summed E-state index contributed by atoms with van der Waals surface area (Å²) in [6, 6.07) is 76.8. The van der Waals surface area contributed by atoms with E-state index in [0.717, 1.165) is 73.0 Å². The molecule has 0 saturated heterocycles. The number of para-hydroxylation sites is 2. The number of nitrogens with zero attached hydrogens (tertiary/aromatic N) is 2. The molecule has 0 unspecified atom stereocenters. The second-order valence-electron chi connectivity index (χ2n) is 14.1. The normalized spacial score (nSPS) is 12.6. The van der Waals surface area contributed by atoms with Crippen LogP contribution in [0.25, 0.3) is 56.2 Å². The van der Waals surface area contributed by atoms with Crippen molar-refractivity contribution in [3.63, 3.8) is 0 Å². The molecule has 1 aromatic heterocycles. The van der Waals surface area contributed by atoms with Crippen LogP contribution in [0.2, 0.25) is 0 Å². The molecule has 0 N–H and O–H groups in total. The molecule has 2 heterocycles. The Morgan fingerprint density at radius 2 is 0.750 bits per heavy atom. The van der Waals surface area contributed by atoms with Crippen molar-refractivity contribution in [1.29, 1.82) is 0 Å². The summed E-state index contributed by atoms with van der Waals surface area (Å²) in [5.41, 5.74) is 13.3. The summed E-state index contributed by atoms with van der Waals surface area (Å²) in [4.78, 5) is 10.2. The Kier molecular flexibility index (Phi) is 8.38. The van der Waals surface area contributed by atoms with Crippen LogP contribution in [0.1, 0.15) is 22.3 Å². The van der Waals surface area contributed by atoms with E-state index >= 15 is 0 Å². The molecule has 1 aliphatic rings. The Bertz CT molecular complexity index is 2730. The van der Waals surface area contributed by atoms with E-state index in [9.17, 15) is 0 Å². The van der Waals surface area contributed by atoms with Crippen LogP contribution in [-0.2, 0) is 5.41 Å². The van der Waals surface area contributed by atoms with Crippen LogP contribution in [0, 0.1) is 0 Å². The fraction of sp³-hybridized carbons (Fsp3) is 0.0189. The van der Waals surface area contributed by atoms with E-state index in [2.05, 4.69) is 182 Å². The van der Waals surface area contributed by atoms with Gasteiger partial charge < -0.3 is 4.74 Å². The zero-order valence-corrected chi connectivity index (χ0v) is 30.6. The second kappa shape index (κ2) is 14.1. The minimum atomic E-state index is -0.628. The summed E-state index contributed by atoms with van der Waals surface area (Å²) in [6.07, 6.45) is 0. The molecule has 0 spiro atoms. The monoisotopic (exact) mass is 716 g/mol. The van der Waals surface area contributed by atoms with Gasteiger partial charge in [-0.05, 0) is 63.7 Å². The summed E-state index contributed by atoms with van der Waals surface area (Å²) in [5, 5.41) is 0. The average Bonchev–Trinajstić information content (AvgIpc) is 3.29. The minimum absolute atomic E-state index is 0.628. The number of hydrogen-bond donors (Lipinski definition) is 0. The highest BCUT2D eigenvalue weighted by atomic mass is 16.5. The van der Waals surface area contributed by atoms with E-state index in [4.69, 9.17) is 14.7 Å². The first-order valence-electron chi connectivity index (χ1n) is 19.0. The van der Waals surface area contributed by atoms with Crippen LogP contribution in [0.15, 0.2) is 218 Å². The van der Waals surface area contributed by atoms with Crippen molar-refractivity contribution in [2.24, 2.45) is 0 Å².